The Kier molecular flexibility index (Phi) is 3.98. The van der Waals surface area contributed by atoms with Crippen molar-refractivity contribution < 1.29 is 14.6 Å². The average molecular weight is 235 g/mol. The van der Waals surface area contributed by atoms with Crippen molar-refractivity contribution in [2.24, 2.45) is 11.8 Å². The van der Waals surface area contributed by atoms with E-state index in [0.717, 1.165) is 12.0 Å². The maximum atomic E-state index is 11.3. The molecule has 1 amide bonds. The highest BCUT2D eigenvalue weighted by Gasteiger charge is 2.36. The number of hydrogen-bond acceptors (Lipinski definition) is 3. The van der Waals surface area contributed by atoms with Crippen LogP contribution in [-0.4, -0.2) is 24.4 Å². The Morgan fingerprint density at radius 1 is 1.35 bits per heavy atom. The molecule has 2 rings (SSSR count). The Hall–Kier alpha value is -1.55. The second kappa shape index (κ2) is 5.68. The molecule has 0 saturated heterocycles. The Labute approximate surface area is 101 Å². The number of nitrogens with one attached hydrogen (secondary N) is 1. The molecule has 2 atom stereocenters. The van der Waals surface area contributed by atoms with E-state index < -0.39 is 6.09 Å². The zero-order valence-corrected chi connectivity index (χ0v) is 9.63. The fourth-order valence-electron chi connectivity index (χ4n) is 1.77. The number of ether oxygens (including phenoxy) is 1. The van der Waals surface area contributed by atoms with E-state index in [-0.39, 0.29) is 6.61 Å². The highest BCUT2D eigenvalue weighted by atomic mass is 16.5. The lowest BCUT2D eigenvalue weighted by atomic mass is 10.2. The van der Waals surface area contributed by atoms with Gasteiger partial charge in [0.25, 0.3) is 0 Å². The van der Waals surface area contributed by atoms with Crippen molar-refractivity contribution in [1.82, 2.24) is 5.32 Å². The van der Waals surface area contributed by atoms with Crippen LogP contribution >= 0.6 is 0 Å². The Morgan fingerprint density at radius 3 is 2.76 bits per heavy atom. The van der Waals surface area contributed by atoms with Crippen LogP contribution in [0.15, 0.2) is 30.3 Å². The third-order valence-corrected chi connectivity index (χ3v) is 3.02. The molecule has 1 saturated carbocycles. The van der Waals surface area contributed by atoms with Gasteiger partial charge >= 0.3 is 6.09 Å². The van der Waals surface area contributed by atoms with E-state index in [0.29, 0.717) is 25.0 Å². The smallest absolute Gasteiger partial charge is 0.407 e. The normalized spacial score (nSPS) is 21.9. The van der Waals surface area contributed by atoms with E-state index >= 15 is 0 Å². The van der Waals surface area contributed by atoms with Crippen molar-refractivity contribution >= 4 is 6.09 Å². The largest absolute Gasteiger partial charge is 0.445 e. The SMILES string of the molecule is O=C(NC[C@@H]1C[C@@H]1CO)OCc1ccccc1. The zero-order chi connectivity index (χ0) is 12.1. The van der Waals surface area contributed by atoms with Crippen LogP contribution in [0.3, 0.4) is 0 Å². The first-order valence-corrected chi connectivity index (χ1v) is 5.85. The molecule has 1 fully saturated rings. The lowest BCUT2D eigenvalue weighted by Gasteiger charge is -2.06. The predicted octanol–water partition coefficient (Wildman–Crippen LogP) is 1.54. The number of aliphatic hydroxyl groups excluding tert-OH is 1. The topological polar surface area (TPSA) is 58.6 Å². The first-order valence-electron chi connectivity index (χ1n) is 5.85. The van der Waals surface area contributed by atoms with Gasteiger partial charge in [-0.05, 0) is 23.8 Å². The maximum absolute atomic E-state index is 11.3. The minimum atomic E-state index is -0.391. The quantitative estimate of drug-likeness (QED) is 0.814. The Balaban J connectivity index is 1.61. The lowest BCUT2D eigenvalue weighted by Crippen LogP contribution is -2.26. The van der Waals surface area contributed by atoms with Gasteiger partial charge < -0.3 is 15.2 Å². The predicted molar refractivity (Wildman–Crippen MR) is 63.3 cm³/mol. The number of alkyl carbamates (subject to hydrolysis) is 1. The highest BCUT2D eigenvalue weighted by molar-refractivity contribution is 5.67. The second-order valence-electron chi connectivity index (χ2n) is 4.38. The second-order valence-corrected chi connectivity index (χ2v) is 4.38. The summed E-state index contributed by atoms with van der Waals surface area (Å²) in [5, 5.41) is 11.6. The minimum absolute atomic E-state index is 0.214. The van der Waals surface area contributed by atoms with Crippen molar-refractivity contribution in [3.63, 3.8) is 0 Å². The average Bonchev–Trinajstić information content (AvgIpc) is 3.14. The van der Waals surface area contributed by atoms with Gasteiger partial charge in [0, 0.05) is 13.2 Å². The van der Waals surface area contributed by atoms with Gasteiger partial charge in [-0.1, -0.05) is 30.3 Å². The van der Waals surface area contributed by atoms with Gasteiger partial charge in [-0.25, -0.2) is 4.79 Å². The van der Waals surface area contributed by atoms with E-state index in [1.165, 1.54) is 0 Å². The first-order chi connectivity index (χ1) is 8.29. The number of amides is 1. The number of rotatable bonds is 5. The van der Waals surface area contributed by atoms with E-state index in [2.05, 4.69) is 5.32 Å². The lowest BCUT2D eigenvalue weighted by molar-refractivity contribution is 0.139. The monoisotopic (exact) mass is 235 g/mol. The molecule has 92 valence electrons. The molecule has 1 aromatic rings. The molecule has 4 nitrogen and oxygen atoms in total. The van der Waals surface area contributed by atoms with Crippen LogP contribution in [-0.2, 0) is 11.3 Å². The third-order valence-electron chi connectivity index (χ3n) is 3.02. The Bertz CT molecular complexity index is 366. The Morgan fingerprint density at radius 2 is 2.12 bits per heavy atom. The molecule has 0 aromatic heterocycles. The summed E-state index contributed by atoms with van der Waals surface area (Å²) >= 11 is 0. The summed E-state index contributed by atoms with van der Waals surface area (Å²) in [6.45, 7) is 1.10. The van der Waals surface area contributed by atoms with Gasteiger partial charge in [0.05, 0.1) is 0 Å². The van der Waals surface area contributed by atoms with Gasteiger partial charge in [0.15, 0.2) is 0 Å². The molecule has 0 unspecified atom stereocenters. The van der Waals surface area contributed by atoms with Gasteiger partial charge in [0.2, 0.25) is 0 Å². The third kappa shape index (κ3) is 3.75. The number of benzene rings is 1. The summed E-state index contributed by atoms with van der Waals surface area (Å²) in [5.41, 5.74) is 0.974. The fourth-order valence-corrected chi connectivity index (χ4v) is 1.77. The first kappa shape index (κ1) is 11.9. The molecular formula is C13H17NO3. The van der Waals surface area contributed by atoms with Crippen LogP contribution in [0.5, 0.6) is 0 Å². The maximum Gasteiger partial charge on any atom is 0.407 e. The van der Waals surface area contributed by atoms with Crippen molar-refractivity contribution in [2.75, 3.05) is 13.2 Å². The van der Waals surface area contributed by atoms with Crippen molar-refractivity contribution in [3.8, 4) is 0 Å². The summed E-state index contributed by atoms with van der Waals surface area (Å²) in [7, 11) is 0. The molecule has 1 aromatic carbocycles. The summed E-state index contributed by atoms with van der Waals surface area (Å²) < 4.78 is 5.06. The number of aliphatic hydroxyl groups is 1. The minimum Gasteiger partial charge on any atom is -0.445 e. The van der Waals surface area contributed by atoms with Gasteiger partial charge in [-0.15, -0.1) is 0 Å². The fraction of sp³-hybridized carbons (Fsp3) is 0.462. The zero-order valence-electron chi connectivity index (χ0n) is 9.63. The molecule has 1 aliphatic rings. The van der Waals surface area contributed by atoms with Crippen LogP contribution in [0, 0.1) is 11.8 Å². The van der Waals surface area contributed by atoms with Crippen molar-refractivity contribution in [1.29, 1.82) is 0 Å². The molecule has 17 heavy (non-hydrogen) atoms. The molecule has 0 radical (unpaired) electrons. The van der Waals surface area contributed by atoms with E-state index in [1.54, 1.807) is 0 Å². The van der Waals surface area contributed by atoms with Gasteiger partial charge in [-0.3, -0.25) is 0 Å². The molecule has 0 bridgehead atoms. The van der Waals surface area contributed by atoms with Crippen molar-refractivity contribution in [2.45, 2.75) is 13.0 Å². The number of hydrogen-bond donors (Lipinski definition) is 2. The van der Waals surface area contributed by atoms with Crippen molar-refractivity contribution in [3.05, 3.63) is 35.9 Å². The summed E-state index contributed by atoms with van der Waals surface area (Å²) in [6, 6.07) is 9.57. The van der Waals surface area contributed by atoms with Gasteiger partial charge in [-0.2, -0.15) is 0 Å². The van der Waals surface area contributed by atoms with Crippen LogP contribution in [0.2, 0.25) is 0 Å². The summed E-state index contributed by atoms with van der Waals surface area (Å²) in [4.78, 5) is 11.3. The molecule has 2 N–H and O–H groups in total. The van der Waals surface area contributed by atoms with Crippen LogP contribution in [0.4, 0.5) is 4.79 Å². The number of carbonyl (C=O) groups is 1. The van der Waals surface area contributed by atoms with Crippen LogP contribution < -0.4 is 5.32 Å². The summed E-state index contributed by atoms with van der Waals surface area (Å²) in [6.07, 6.45) is 0.604. The van der Waals surface area contributed by atoms with Crippen LogP contribution in [0.1, 0.15) is 12.0 Å². The molecule has 0 spiro atoms. The molecule has 4 heteroatoms. The van der Waals surface area contributed by atoms with E-state index in [4.69, 9.17) is 9.84 Å². The molecule has 0 heterocycles. The molecule has 0 aliphatic heterocycles. The van der Waals surface area contributed by atoms with E-state index in [1.807, 2.05) is 30.3 Å². The van der Waals surface area contributed by atoms with Crippen LogP contribution in [0.25, 0.3) is 0 Å². The molecular weight excluding hydrogens is 218 g/mol. The van der Waals surface area contributed by atoms with Gasteiger partial charge in [0.1, 0.15) is 6.61 Å². The molecule has 1 aliphatic carbocycles. The standard InChI is InChI=1S/C13H17NO3/c15-8-12-6-11(12)7-14-13(16)17-9-10-4-2-1-3-5-10/h1-5,11-12,15H,6-9H2,(H,14,16)/t11-,12+/m0/s1. The summed E-state index contributed by atoms with van der Waals surface area (Å²) in [5.74, 6) is 0.786. The highest BCUT2D eigenvalue weighted by Crippen LogP contribution is 2.36. The number of carbonyl (C=O) groups excluding carboxylic acids is 1. The van der Waals surface area contributed by atoms with E-state index in [9.17, 15) is 4.79 Å².